The van der Waals surface area contributed by atoms with E-state index < -0.39 is 11.9 Å². The maximum atomic E-state index is 11.7. The van der Waals surface area contributed by atoms with E-state index in [2.05, 4.69) is 13.8 Å². The topological polar surface area (TPSA) is 52.6 Å². The van der Waals surface area contributed by atoms with Crippen molar-refractivity contribution in [1.82, 2.24) is 0 Å². The Morgan fingerprint density at radius 2 is 0.970 bits per heavy atom. The van der Waals surface area contributed by atoms with Gasteiger partial charge in [0.15, 0.2) is 0 Å². The average Bonchev–Trinajstić information content (AvgIpc) is 2.80. The molecular weight excluding hydrogens is 412 g/mol. The number of esters is 2. The van der Waals surface area contributed by atoms with Crippen molar-refractivity contribution < 1.29 is 19.1 Å². The van der Waals surface area contributed by atoms with Gasteiger partial charge in [0.05, 0.1) is 12.7 Å². The van der Waals surface area contributed by atoms with Crippen molar-refractivity contribution in [3.63, 3.8) is 0 Å². The highest BCUT2D eigenvalue weighted by Gasteiger charge is 2.07. The molecule has 33 heavy (non-hydrogen) atoms. The Bertz CT molecular complexity index is 472. The molecule has 0 aliphatic rings. The van der Waals surface area contributed by atoms with E-state index >= 15 is 0 Å². The summed E-state index contributed by atoms with van der Waals surface area (Å²) in [7, 11) is 0. The summed E-state index contributed by atoms with van der Waals surface area (Å²) in [6.07, 6.45) is 27.6. The number of hydrogen-bond donors (Lipinski definition) is 0. The van der Waals surface area contributed by atoms with Gasteiger partial charge in [-0.15, -0.1) is 0 Å². The maximum Gasteiger partial charge on any atom is 0.331 e. The van der Waals surface area contributed by atoms with Crippen molar-refractivity contribution in [3.05, 3.63) is 12.2 Å². The summed E-state index contributed by atoms with van der Waals surface area (Å²) < 4.78 is 10.4. The molecule has 0 spiro atoms. The zero-order chi connectivity index (χ0) is 24.4. The molecule has 0 aliphatic carbocycles. The van der Waals surface area contributed by atoms with Crippen molar-refractivity contribution in [2.75, 3.05) is 6.61 Å². The first-order chi connectivity index (χ1) is 16.1. The van der Waals surface area contributed by atoms with E-state index in [1.165, 1.54) is 102 Å². The van der Waals surface area contributed by atoms with Crippen LogP contribution in [0, 0.1) is 0 Å². The Kier molecular flexibility index (Phi) is 24.3. The van der Waals surface area contributed by atoms with Gasteiger partial charge >= 0.3 is 11.9 Å². The van der Waals surface area contributed by atoms with E-state index in [-0.39, 0.29) is 6.10 Å². The smallest absolute Gasteiger partial charge is 0.331 e. The molecule has 4 nitrogen and oxygen atoms in total. The number of unbranched alkanes of at least 4 members (excludes halogenated alkanes) is 17. The van der Waals surface area contributed by atoms with Crippen LogP contribution in [-0.4, -0.2) is 24.6 Å². The summed E-state index contributed by atoms with van der Waals surface area (Å²) in [5, 5.41) is 0. The van der Waals surface area contributed by atoms with Crippen molar-refractivity contribution in [2.45, 2.75) is 155 Å². The van der Waals surface area contributed by atoms with Crippen LogP contribution in [-0.2, 0) is 19.1 Å². The lowest BCUT2D eigenvalue weighted by atomic mass is 10.0. The molecule has 194 valence electrons. The zero-order valence-corrected chi connectivity index (χ0v) is 22.2. The number of carbonyl (C=O) groups is 2. The van der Waals surface area contributed by atoms with Crippen LogP contribution >= 0.6 is 0 Å². The fourth-order valence-electron chi connectivity index (χ4n) is 3.99. The minimum Gasteiger partial charge on any atom is -0.463 e. The molecule has 0 radical (unpaired) electrons. The van der Waals surface area contributed by atoms with Crippen LogP contribution in [0.5, 0.6) is 0 Å². The summed E-state index contributed by atoms with van der Waals surface area (Å²) in [6, 6.07) is 0. The molecule has 0 aliphatic heterocycles. The van der Waals surface area contributed by atoms with Crippen molar-refractivity contribution >= 4 is 11.9 Å². The van der Waals surface area contributed by atoms with E-state index in [4.69, 9.17) is 9.47 Å². The molecular formula is C29H54O4. The van der Waals surface area contributed by atoms with Crippen LogP contribution < -0.4 is 0 Å². The lowest BCUT2D eigenvalue weighted by Crippen LogP contribution is -2.13. The second-order valence-electron chi connectivity index (χ2n) is 9.55. The quantitative estimate of drug-likeness (QED) is 0.0809. The van der Waals surface area contributed by atoms with Crippen LogP contribution in [0.2, 0.25) is 0 Å². The van der Waals surface area contributed by atoms with Gasteiger partial charge in [-0.1, -0.05) is 123 Å². The lowest BCUT2D eigenvalue weighted by molar-refractivity contribution is -0.143. The van der Waals surface area contributed by atoms with Crippen molar-refractivity contribution in [3.8, 4) is 0 Å². The number of hydrogen-bond acceptors (Lipinski definition) is 4. The van der Waals surface area contributed by atoms with E-state index in [1.54, 1.807) is 0 Å². The second-order valence-corrected chi connectivity index (χ2v) is 9.55. The molecule has 0 saturated heterocycles. The molecule has 1 atom stereocenters. The van der Waals surface area contributed by atoms with Gasteiger partial charge in [-0.05, 0) is 26.2 Å². The highest BCUT2D eigenvalue weighted by atomic mass is 16.5. The van der Waals surface area contributed by atoms with Gasteiger partial charge in [-0.3, -0.25) is 0 Å². The molecule has 0 saturated carbocycles. The highest BCUT2D eigenvalue weighted by molar-refractivity contribution is 5.91. The van der Waals surface area contributed by atoms with E-state index in [1.807, 2.05) is 6.92 Å². The SMILES string of the molecule is CCCCCCCCCCCCCCCCCCOC(=O)/C=C/C(=O)OC(C)CCCCC. The molecule has 0 fully saturated rings. The highest BCUT2D eigenvalue weighted by Crippen LogP contribution is 2.13. The summed E-state index contributed by atoms with van der Waals surface area (Å²) in [5.41, 5.74) is 0. The monoisotopic (exact) mass is 466 g/mol. The first-order valence-electron chi connectivity index (χ1n) is 14.2. The lowest BCUT2D eigenvalue weighted by Gasteiger charge is -2.10. The molecule has 0 bridgehead atoms. The molecule has 1 unspecified atom stereocenters. The van der Waals surface area contributed by atoms with Gasteiger partial charge in [0.1, 0.15) is 0 Å². The fourth-order valence-corrected chi connectivity index (χ4v) is 3.99. The predicted octanol–water partition coefficient (Wildman–Crippen LogP) is 8.86. The Hall–Kier alpha value is -1.32. The first kappa shape index (κ1) is 31.7. The van der Waals surface area contributed by atoms with Crippen LogP contribution in [0.25, 0.3) is 0 Å². The molecule has 0 aromatic rings. The summed E-state index contributed by atoms with van der Waals surface area (Å²) >= 11 is 0. The normalized spacial score (nSPS) is 12.2. The Balaban J connectivity index is 3.39. The van der Waals surface area contributed by atoms with Crippen LogP contribution in [0.15, 0.2) is 12.2 Å². The third-order valence-corrected chi connectivity index (χ3v) is 6.13. The number of rotatable bonds is 24. The largest absolute Gasteiger partial charge is 0.463 e. The van der Waals surface area contributed by atoms with Crippen molar-refractivity contribution in [1.29, 1.82) is 0 Å². The minimum atomic E-state index is -0.474. The zero-order valence-electron chi connectivity index (χ0n) is 22.2. The van der Waals surface area contributed by atoms with Crippen LogP contribution in [0.4, 0.5) is 0 Å². The molecule has 0 amide bonds. The molecule has 0 aromatic carbocycles. The van der Waals surface area contributed by atoms with E-state index in [0.29, 0.717) is 6.61 Å². The minimum absolute atomic E-state index is 0.116. The van der Waals surface area contributed by atoms with Gasteiger partial charge in [-0.2, -0.15) is 0 Å². The average molecular weight is 467 g/mol. The summed E-state index contributed by atoms with van der Waals surface area (Å²) in [6.45, 7) is 6.72. The third-order valence-electron chi connectivity index (χ3n) is 6.13. The molecule has 0 N–H and O–H groups in total. The van der Waals surface area contributed by atoms with Crippen molar-refractivity contribution in [2.24, 2.45) is 0 Å². The number of ether oxygens (including phenoxy) is 2. The van der Waals surface area contributed by atoms with Gasteiger partial charge in [0.25, 0.3) is 0 Å². The van der Waals surface area contributed by atoms with E-state index in [0.717, 1.165) is 38.5 Å². The van der Waals surface area contributed by atoms with Gasteiger partial charge in [0.2, 0.25) is 0 Å². The first-order valence-corrected chi connectivity index (χ1v) is 14.2. The molecule has 0 heterocycles. The van der Waals surface area contributed by atoms with Gasteiger partial charge in [0, 0.05) is 12.2 Å². The van der Waals surface area contributed by atoms with Crippen LogP contribution in [0.3, 0.4) is 0 Å². The summed E-state index contributed by atoms with van der Waals surface area (Å²) in [4.78, 5) is 23.4. The Morgan fingerprint density at radius 1 is 0.576 bits per heavy atom. The standard InChI is InChI=1S/C29H54O4/c1-4-6-8-9-10-11-12-13-14-15-16-17-18-19-20-22-26-32-28(30)24-25-29(31)33-27(3)23-21-7-5-2/h24-25,27H,4-23,26H2,1-3H3/b25-24+. The summed E-state index contributed by atoms with van der Waals surface area (Å²) in [5.74, 6) is -0.940. The molecule has 0 rings (SSSR count). The number of carbonyl (C=O) groups excluding carboxylic acids is 2. The molecule has 4 heteroatoms. The van der Waals surface area contributed by atoms with E-state index in [9.17, 15) is 9.59 Å². The Labute approximate surface area is 205 Å². The Morgan fingerprint density at radius 3 is 1.45 bits per heavy atom. The second kappa shape index (κ2) is 25.3. The fraction of sp³-hybridized carbons (Fsp3) is 0.862. The van der Waals surface area contributed by atoms with Gasteiger partial charge < -0.3 is 9.47 Å². The molecule has 0 aromatic heterocycles. The predicted molar refractivity (Wildman–Crippen MR) is 139 cm³/mol. The van der Waals surface area contributed by atoms with Gasteiger partial charge in [-0.25, -0.2) is 9.59 Å². The van der Waals surface area contributed by atoms with Crippen LogP contribution in [0.1, 0.15) is 149 Å². The third kappa shape index (κ3) is 25.1. The maximum absolute atomic E-state index is 11.7.